The third-order valence-electron chi connectivity index (χ3n) is 2.68. The van der Waals surface area contributed by atoms with Crippen molar-refractivity contribution in [3.05, 3.63) is 34.3 Å². The molecule has 0 radical (unpaired) electrons. The number of halogens is 1. The lowest BCUT2D eigenvalue weighted by Gasteiger charge is -2.25. The van der Waals surface area contributed by atoms with Gasteiger partial charge in [-0.15, -0.1) is 0 Å². The highest BCUT2D eigenvalue weighted by Gasteiger charge is 2.19. The molecule has 0 aliphatic rings. The van der Waals surface area contributed by atoms with E-state index in [1.54, 1.807) is 7.11 Å². The van der Waals surface area contributed by atoms with E-state index in [0.717, 1.165) is 24.2 Å². The van der Waals surface area contributed by atoms with Crippen LogP contribution in [0.5, 0.6) is 0 Å². The van der Waals surface area contributed by atoms with Crippen LogP contribution in [0, 0.1) is 0 Å². The van der Waals surface area contributed by atoms with Gasteiger partial charge in [0.2, 0.25) is 0 Å². The van der Waals surface area contributed by atoms with Gasteiger partial charge in [-0.3, -0.25) is 0 Å². The van der Waals surface area contributed by atoms with Crippen molar-refractivity contribution in [2.45, 2.75) is 19.3 Å². The monoisotopic (exact) mass is 285 g/mol. The summed E-state index contributed by atoms with van der Waals surface area (Å²) in [5.74, 6) is 0. The maximum Gasteiger partial charge on any atom is 0.0587 e. The largest absolute Gasteiger partial charge is 0.383 e. The highest BCUT2D eigenvalue weighted by molar-refractivity contribution is 9.10. The molecule has 16 heavy (non-hydrogen) atoms. The molecule has 90 valence electrons. The molecule has 0 bridgehead atoms. The van der Waals surface area contributed by atoms with Crippen LogP contribution in [0.3, 0.4) is 0 Å². The first-order valence-electron chi connectivity index (χ1n) is 5.52. The van der Waals surface area contributed by atoms with Gasteiger partial charge in [0.05, 0.1) is 6.61 Å². The van der Waals surface area contributed by atoms with E-state index >= 15 is 0 Å². The van der Waals surface area contributed by atoms with Crippen LogP contribution in [0.15, 0.2) is 28.7 Å². The van der Waals surface area contributed by atoms with Gasteiger partial charge in [0.15, 0.2) is 0 Å². The molecule has 1 aromatic rings. The van der Waals surface area contributed by atoms with E-state index < -0.39 is 0 Å². The lowest BCUT2D eigenvalue weighted by atomic mass is 9.85. The van der Waals surface area contributed by atoms with Gasteiger partial charge in [-0.2, -0.15) is 0 Å². The molecule has 0 atom stereocenters. The minimum atomic E-state index is 0.147. The topological polar surface area (TPSA) is 21.3 Å². The number of hydrogen-bond donors (Lipinski definition) is 1. The van der Waals surface area contributed by atoms with Crippen molar-refractivity contribution in [2.24, 2.45) is 0 Å². The van der Waals surface area contributed by atoms with Crippen molar-refractivity contribution < 1.29 is 4.74 Å². The van der Waals surface area contributed by atoms with Crippen molar-refractivity contribution in [3.63, 3.8) is 0 Å². The van der Waals surface area contributed by atoms with E-state index in [1.165, 1.54) is 5.56 Å². The highest BCUT2D eigenvalue weighted by atomic mass is 79.9. The second-order valence-corrected chi connectivity index (χ2v) is 5.48. The molecule has 0 aromatic heterocycles. The molecule has 1 aromatic carbocycles. The Hall–Kier alpha value is -0.380. The Morgan fingerprint density at radius 1 is 1.25 bits per heavy atom. The summed E-state index contributed by atoms with van der Waals surface area (Å²) < 4.78 is 6.13. The molecule has 0 aliphatic carbocycles. The Balaban J connectivity index is 2.52. The SMILES string of the molecule is COCCNCC(C)(C)c1ccc(Br)cc1. The lowest BCUT2D eigenvalue weighted by Crippen LogP contribution is -2.34. The zero-order chi connectivity index (χ0) is 12.0. The standard InChI is InChI=1S/C13H20BrNO/c1-13(2,10-15-8-9-16-3)11-4-6-12(14)7-5-11/h4-7,15H,8-10H2,1-3H3. The lowest BCUT2D eigenvalue weighted by molar-refractivity contribution is 0.197. The average molecular weight is 286 g/mol. The predicted molar refractivity (Wildman–Crippen MR) is 71.9 cm³/mol. The molecule has 3 heteroatoms. The summed E-state index contributed by atoms with van der Waals surface area (Å²) in [7, 11) is 1.72. The predicted octanol–water partition coefficient (Wildman–Crippen LogP) is 2.96. The number of hydrogen-bond acceptors (Lipinski definition) is 2. The van der Waals surface area contributed by atoms with E-state index in [4.69, 9.17) is 4.74 Å². The minimum Gasteiger partial charge on any atom is -0.383 e. The van der Waals surface area contributed by atoms with Crippen LogP contribution in [0.4, 0.5) is 0 Å². The molecule has 0 unspecified atom stereocenters. The quantitative estimate of drug-likeness (QED) is 0.812. The molecule has 0 aliphatic heterocycles. The zero-order valence-electron chi connectivity index (χ0n) is 10.2. The fourth-order valence-corrected chi connectivity index (χ4v) is 1.84. The van der Waals surface area contributed by atoms with Crippen LogP contribution in [0.1, 0.15) is 19.4 Å². The van der Waals surface area contributed by atoms with Gasteiger partial charge in [0, 0.05) is 30.1 Å². The van der Waals surface area contributed by atoms with Crippen LogP contribution in [0.25, 0.3) is 0 Å². The third-order valence-corrected chi connectivity index (χ3v) is 3.20. The maximum atomic E-state index is 5.01. The van der Waals surface area contributed by atoms with Crippen molar-refractivity contribution in [2.75, 3.05) is 26.8 Å². The number of ether oxygens (including phenoxy) is 1. The summed E-state index contributed by atoms with van der Waals surface area (Å²) in [6.45, 7) is 7.11. The van der Waals surface area contributed by atoms with Crippen LogP contribution in [0.2, 0.25) is 0 Å². The van der Waals surface area contributed by atoms with Crippen molar-refractivity contribution in [3.8, 4) is 0 Å². The molecular weight excluding hydrogens is 266 g/mol. The number of rotatable bonds is 6. The molecule has 2 nitrogen and oxygen atoms in total. The summed E-state index contributed by atoms with van der Waals surface area (Å²) in [5.41, 5.74) is 1.50. The Morgan fingerprint density at radius 2 is 1.88 bits per heavy atom. The summed E-state index contributed by atoms with van der Waals surface area (Å²) >= 11 is 3.45. The van der Waals surface area contributed by atoms with Crippen LogP contribution in [-0.4, -0.2) is 26.8 Å². The number of methoxy groups -OCH3 is 1. The van der Waals surface area contributed by atoms with E-state index in [1.807, 2.05) is 0 Å². The fourth-order valence-electron chi connectivity index (χ4n) is 1.58. The molecule has 0 heterocycles. The van der Waals surface area contributed by atoms with Crippen molar-refractivity contribution >= 4 is 15.9 Å². The van der Waals surface area contributed by atoms with E-state index in [2.05, 4.69) is 59.4 Å². The van der Waals surface area contributed by atoms with Gasteiger partial charge < -0.3 is 10.1 Å². The van der Waals surface area contributed by atoms with Gasteiger partial charge in [-0.25, -0.2) is 0 Å². The number of nitrogens with one attached hydrogen (secondary N) is 1. The average Bonchev–Trinajstić information content (AvgIpc) is 2.25. The van der Waals surface area contributed by atoms with Gasteiger partial charge in [-0.05, 0) is 17.7 Å². The summed E-state index contributed by atoms with van der Waals surface area (Å²) in [6.07, 6.45) is 0. The Bertz CT molecular complexity index is 308. The minimum absolute atomic E-state index is 0.147. The highest BCUT2D eigenvalue weighted by Crippen LogP contribution is 2.23. The van der Waals surface area contributed by atoms with E-state index in [9.17, 15) is 0 Å². The Kier molecular flexibility index (Phi) is 5.46. The fraction of sp³-hybridized carbons (Fsp3) is 0.538. The first-order chi connectivity index (χ1) is 7.56. The smallest absolute Gasteiger partial charge is 0.0587 e. The molecule has 0 fully saturated rings. The summed E-state index contributed by atoms with van der Waals surface area (Å²) in [4.78, 5) is 0. The molecule has 1 rings (SSSR count). The van der Waals surface area contributed by atoms with Gasteiger partial charge in [0.25, 0.3) is 0 Å². The first-order valence-corrected chi connectivity index (χ1v) is 6.31. The van der Waals surface area contributed by atoms with Gasteiger partial charge >= 0.3 is 0 Å². The van der Waals surface area contributed by atoms with E-state index in [0.29, 0.717) is 0 Å². The zero-order valence-corrected chi connectivity index (χ0v) is 11.8. The molecular formula is C13H20BrNO. The molecule has 0 amide bonds. The van der Waals surface area contributed by atoms with Crippen LogP contribution >= 0.6 is 15.9 Å². The molecule has 0 saturated heterocycles. The third kappa shape index (κ3) is 4.24. The van der Waals surface area contributed by atoms with Crippen LogP contribution in [-0.2, 0) is 10.2 Å². The Labute approximate surface area is 107 Å². The van der Waals surface area contributed by atoms with Crippen LogP contribution < -0.4 is 5.32 Å². The summed E-state index contributed by atoms with van der Waals surface area (Å²) in [5, 5.41) is 3.40. The Morgan fingerprint density at radius 3 is 2.44 bits per heavy atom. The van der Waals surface area contributed by atoms with E-state index in [-0.39, 0.29) is 5.41 Å². The normalized spacial score (nSPS) is 11.8. The van der Waals surface area contributed by atoms with Crippen molar-refractivity contribution in [1.82, 2.24) is 5.32 Å². The second kappa shape index (κ2) is 6.38. The molecule has 0 saturated carbocycles. The first kappa shape index (κ1) is 13.7. The van der Waals surface area contributed by atoms with Gasteiger partial charge in [-0.1, -0.05) is 41.9 Å². The second-order valence-electron chi connectivity index (χ2n) is 4.56. The molecule has 1 N–H and O–H groups in total. The summed E-state index contributed by atoms with van der Waals surface area (Å²) in [6, 6.07) is 8.52. The number of benzene rings is 1. The van der Waals surface area contributed by atoms with Crippen molar-refractivity contribution in [1.29, 1.82) is 0 Å². The van der Waals surface area contributed by atoms with Gasteiger partial charge in [0.1, 0.15) is 0 Å². The maximum absolute atomic E-state index is 5.01. The molecule has 0 spiro atoms.